The van der Waals surface area contributed by atoms with Crippen LogP contribution in [0.15, 0.2) is 30.3 Å². The minimum absolute atomic E-state index is 0.147. The molecule has 2 saturated heterocycles. The Balaban J connectivity index is 1.40. The number of nitrogens with one attached hydrogen (secondary N) is 2. The number of benzene rings is 1. The number of anilines is 1. The number of hydrogen-bond donors (Lipinski definition) is 3. The maximum absolute atomic E-state index is 10.2. The summed E-state index contributed by atoms with van der Waals surface area (Å²) in [5.41, 5.74) is 2.94. The highest BCUT2D eigenvalue weighted by Gasteiger charge is 2.43. The smallest absolute Gasteiger partial charge is 0.152 e. The number of likely N-dealkylation sites (tertiary alicyclic amines) is 1. The van der Waals surface area contributed by atoms with Gasteiger partial charge in [0.15, 0.2) is 5.82 Å². The van der Waals surface area contributed by atoms with Crippen LogP contribution in [-0.4, -0.2) is 59.0 Å². The van der Waals surface area contributed by atoms with Gasteiger partial charge in [-0.3, -0.25) is 0 Å². The zero-order chi connectivity index (χ0) is 18.3. The second kappa shape index (κ2) is 6.77. The van der Waals surface area contributed by atoms with E-state index in [-0.39, 0.29) is 11.2 Å². The number of fused-ring (bicyclic) bond motifs is 2. The molecule has 142 valence electrons. The van der Waals surface area contributed by atoms with E-state index in [0.717, 1.165) is 68.7 Å². The van der Waals surface area contributed by atoms with Crippen molar-refractivity contribution < 1.29 is 5.11 Å². The Morgan fingerprint density at radius 2 is 1.85 bits per heavy atom. The zero-order valence-corrected chi connectivity index (χ0v) is 15.6. The number of hydrogen-bond acceptors (Lipinski definition) is 6. The Morgan fingerprint density at radius 1 is 1.07 bits per heavy atom. The van der Waals surface area contributed by atoms with E-state index in [1.165, 1.54) is 18.4 Å². The quantitative estimate of drug-likeness (QED) is 0.759. The Kier molecular flexibility index (Phi) is 4.25. The van der Waals surface area contributed by atoms with E-state index >= 15 is 0 Å². The van der Waals surface area contributed by atoms with Crippen molar-refractivity contribution in [2.45, 2.75) is 37.1 Å². The molecule has 0 amide bonds. The molecule has 3 aliphatic heterocycles. The molecule has 1 aromatic heterocycles. The van der Waals surface area contributed by atoms with Gasteiger partial charge in [0.1, 0.15) is 5.75 Å². The fourth-order valence-corrected chi connectivity index (χ4v) is 5.03. The minimum atomic E-state index is 0.147. The molecule has 4 heterocycles. The molecule has 0 atom stereocenters. The molecule has 0 radical (unpaired) electrons. The van der Waals surface area contributed by atoms with Gasteiger partial charge < -0.3 is 20.6 Å². The predicted octanol–water partition coefficient (Wildman–Crippen LogP) is 2.36. The third kappa shape index (κ3) is 2.97. The van der Waals surface area contributed by atoms with Crippen molar-refractivity contribution in [1.29, 1.82) is 0 Å². The molecule has 2 fully saturated rings. The van der Waals surface area contributed by atoms with E-state index in [9.17, 15) is 5.11 Å². The Bertz CT molecular complexity index is 825. The standard InChI is InChI=1S/C21H27N5O/c27-19-4-2-1-3-16(19)18-13-17-20(25-24-18)23-14-21(17)7-11-26(12-8-21)15-5-9-22-10-6-15/h1-4,13,15,22,27H,5-12,14H2,(H,23,25). The van der Waals surface area contributed by atoms with Crippen LogP contribution in [0.25, 0.3) is 11.3 Å². The van der Waals surface area contributed by atoms with Crippen LogP contribution >= 0.6 is 0 Å². The lowest BCUT2D eigenvalue weighted by molar-refractivity contribution is 0.102. The number of piperidine rings is 2. The first kappa shape index (κ1) is 17.0. The molecule has 3 aliphatic rings. The van der Waals surface area contributed by atoms with Gasteiger partial charge in [-0.05, 0) is 70.1 Å². The van der Waals surface area contributed by atoms with Gasteiger partial charge in [-0.1, -0.05) is 12.1 Å². The highest BCUT2D eigenvalue weighted by atomic mass is 16.3. The number of nitrogens with zero attached hydrogens (tertiary/aromatic N) is 3. The normalized spacial score (nSPS) is 22.5. The van der Waals surface area contributed by atoms with Crippen LogP contribution in [0.1, 0.15) is 31.2 Å². The number of para-hydroxylation sites is 1. The van der Waals surface area contributed by atoms with Crippen LogP contribution in [0.5, 0.6) is 5.75 Å². The SMILES string of the molecule is Oc1ccccc1-c1cc2c(nn1)NCC21CCN(C2CCNCC2)CC1. The van der Waals surface area contributed by atoms with E-state index in [1.807, 2.05) is 18.2 Å². The fraction of sp³-hybridized carbons (Fsp3) is 0.524. The van der Waals surface area contributed by atoms with Crippen LogP contribution in [0.4, 0.5) is 5.82 Å². The Hall–Kier alpha value is -2.18. The van der Waals surface area contributed by atoms with Crippen molar-refractivity contribution in [3.63, 3.8) is 0 Å². The summed E-state index contributed by atoms with van der Waals surface area (Å²) in [6, 6.07) is 10.3. The molecule has 0 aliphatic carbocycles. The van der Waals surface area contributed by atoms with Gasteiger partial charge in [0, 0.05) is 29.1 Å². The van der Waals surface area contributed by atoms with Gasteiger partial charge in [0.2, 0.25) is 0 Å². The highest BCUT2D eigenvalue weighted by Crippen LogP contribution is 2.44. The van der Waals surface area contributed by atoms with Crippen molar-refractivity contribution >= 4 is 5.82 Å². The minimum Gasteiger partial charge on any atom is -0.507 e. The van der Waals surface area contributed by atoms with Crippen LogP contribution in [0.2, 0.25) is 0 Å². The molecule has 2 aromatic rings. The number of phenols is 1. The zero-order valence-electron chi connectivity index (χ0n) is 15.6. The first-order chi connectivity index (χ1) is 13.3. The molecular weight excluding hydrogens is 338 g/mol. The maximum Gasteiger partial charge on any atom is 0.152 e. The highest BCUT2D eigenvalue weighted by molar-refractivity contribution is 5.69. The summed E-state index contributed by atoms with van der Waals surface area (Å²) in [5, 5.41) is 26.0. The molecule has 3 N–H and O–H groups in total. The monoisotopic (exact) mass is 365 g/mol. The molecule has 0 saturated carbocycles. The molecule has 0 unspecified atom stereocenters. The third-order valence-corrected chi connectivity index (χ3v) is 6.72. The molecule has 1 aromatic carbocycles. The summed E-state index contributed by atoms with van der Waals surface area (Å²) in [6.45, 7) is 5.55. The van der Waals surface area contributed by atoms with Crippen molar-refractivity contribution in [3.05, 3.63) is 35.9 Å². The summed E-state index contributed by atoms with van der Waals surface area (Å²) in [7, 11) is 0. The van der Waals surface area contributed by atoms with Crippen molar-refractivity contribution in [1.82, 2.24) is 20.4 Å². The molecule has 6 heteroatoms. The molecule has 6 nitrogen and oxygen atoms in total. The summed E-state index contributed by atoms with van der Waals surface area (Å²) in [5.74, 6) is 1.18. The van der Waals surface area contributed by atoms with Gasteiger partial charge in [-0.15, -0.1) is 10.2 Å². The summed E-state index contributed by atoms with van der Waals surface area (Å²) < 4.78 is 0. The van der Waals surface area contributed by atoms with E-state index in [1.54, 1.807) is 6.07 Å². The first-order valence-corrected chi connectivity index (χ1v) is 10.1. The van der Waals surface area contributed by atoms with Gasteiger partial charge >= 0.3 is 0 Å². The van der Waals surface area contributed by atoms with Crippen LogP contribution < -0.4 is 10.6 Å². The fourth-order valence-electron chi connectivity index (χ4n) is 5.03. The van der Waals surface area contributed by atoms with Gasteiger partial charge in [-0.25, -0.2) is 0 Å². The van der Waals surface area contributed by atoms with E-state index < -0.39 is 0 Å². The summed E-state index contributed by atoms with van der Waals surface area (Å²) in [4.78, 5) is 2.70. The lowest BCUT2D eigenvalue weighted by Crippen LogP contribution is -2.50. The largest absolute Gasteiger partial charge is 0.507 e. The number of phenolic OH excluding ortho intramolecular Hbond substituents is 1. The van der Waals surface area contributed by atoms with E-state index in [2.05, 4.69) is 31.8 Å². The first-order valence-electron chi connectivity index (χ1n) is 10.1. The number of rotatable bonds is 2. The second-order valence-electron chi connectivity index (χ2n) is 8.16. The number of aromatic hydroxyl groups is 1. The van der Waals surface area contributed by atoms with Gasteiger partial charge in [0.25, 0.3) is 0 Å². The molecule has 1 spiro atoms. The van der Waals surface area contributed by atoms with Crippen LogP contribution in [0, 0.1) is 0 Å². The molecular formula is C21H27N5O. The second-order valence-corrected chi connectivity index (χ2v) is 8.16. The predicted molar refractivity (Wildman–Crippen MR) is 106 cm³/mol. The van der Waals surface area contributed by atoms with Crippen LogP contribution in [-0.2, 0) is 5.41 Å². The Labute approximate surface area is 160 Å². The summed E-state index contributed by atoms with van der Waals surface area (Å²) in [6.07, 6.45) is 4.85. The third-order valence-electron chi connectivity index (χ3n) is 6.72. The van der Waals surface area contributed by atoms with E-state index in [4.69, 9.17) is 0 Å². The van der Waals surface area contributed by atoms with E-state index in [0.29, 0.717) is 0 Å². The van der Waals surface area contributed by atoms with Crippen molar-refractivity contribution in [2.24, 2.45) is 0 Å². The Morgan fingerprint density at radius 3 is 2.63 bits per heavy atom. The van der Waals surface area contributed by atoms with Gasteiger partial charge in [-0.2, -0.15) is 0 Å². The topological polar surface area (TPSA) is 73.3 Å². The average molecular weight is 365 g/mol. The average Bonchev–Trinajstić information content (AvgIpc) is 3.07. The maximum atomic E-state index is 10.2. The molecule has 5 rings (SSSR count). The van der Waals surface area contributed by atoms with Crippen LogP contribution in [0.3, 0.4) is 0 Å². The lowest BCUT2D eigenvalue weighted by Gasteiger charge is -2.43. The summed E-state index contributed by atoms with van der Waals surface area (Å²) >= 11 is 0. The lowest BCUT2D eigenvalue weighted by atomic mass is 9.74. The molecule has 0 bridgehead atoms. The van der Waals surface area contributed by atoms with Crippen molar-refractivity contribution in [2.75, 3.05) is 38.0 Å². The number of aromatic nitrogens is 2. The van der Waals surface area contributed by atoms with Gasteiger partial charge in [0.05, 0.1) is 5.69 Å². The van der Waals surface area contributed by atoms with Crippen molar-refractivity contribution in [3.8, 4) is 17.0 Å². The molecule has 27 heavy (non-hydrogen) atoms.